The third-order valence-electron chi connectivity index (χ3n) is 4.64. The number of carbonyl (C=O) groups excluding carboxylic acids is 2. The number of phenolic OH excluding ortho intramolecular Hbond substituents is 1. The fraction of sp³-hybridized carbons (Fsp3) is 0.333. The fourth-order valence-electron chi connectivity index (χ4n) is 3.27. The van der Waals surface area contributed by atoms with Gasteiger partial charge >= 0.3 is 0 Å². The Morgan fingerprint density at radius 1 is 0.923 bits per heavy atom. The Hall–Kier alpha value is -2.66. The van der Waals surface area contributed by atoms with Gasteiger partial charge in [-0.2, -0.15) is 0 Å². The number of Topliss-reactive ketones (excluding diaryl/α,β-unsaturated/α-hetero) is 2. The normalized spacial score (nSPS) is 14.8. The molecule has 26 heavy (non-hydrogen) atoms. The van der Waals surface area contributed by atoms with Crippen molar-refractivity contribution in [3.8, 4) is 5.75 Å². The van der Waals surface area contributed by atoms with Gasteiger partial charge in [0.1, 0.15) is 5.75 Å². The van der Waals surface area contributed by atoms with Crippen LogP contribution in [0.5, 0.6) is 5.75 Å². The van der Waals surface area contributed by atoms with Gasteiger partial charge in [-0.25, -0.2) is 0 Å². The molecule has 2 aromatic rings. The van der Waals surface area contributed by atoms with Crippen LogP contribution in [0.15, 0.2) is 48.5 Å². The number of phenols is 1. The SMILES string of the molecule is O=C(CNc1cccc(O)c1)c1ccccc1C(=O)CN1CCCCC1. The van der Waals surface area contributed by atoms with E-state index in [0.29, 0.717) is 23.4 Å². The monoisotopic (exact) mass is 352 g/mol. The van der Waals surface area contributed by atoms with E-state index in [2.05, 4.69) is 10.2 Å². The predicted molar refractivity (Wildman–Crippen MR) is 102 cm³/mol. The van der Waals surface area contributed by atoms with Crippen LogP contribution in [0.1, 0.15) is 40.0 Å². The topological polar surface area (TPSA) is 69.6 Å². The number of rotatable bonds is 7. The minimum Gasteiger partial charge on any atom is -0.508 e. The number of hydrogen-bond acceptors (Lipinski definition) is 5. The maximum absolute atomic E-state index is 12.7. The zero-order valence-corrected chi connectivity index (χ0v) is 14.8. The minimum absolute atomic E-state index is 0.00629. The molecule has 2 aromatic carbocycles. The van der Waals surface area contributed by atoms with Gasteiger partial charge in [0.2, 0.25) is 0 Å². The summed E-state index contributed by atoms with van der Waals surface area (Å²) < 4.78 is 0. The van der Waals surface area contributed by atoms with Crippen molar-refractivity contribution in [2.45, 2.75) is 19.3 Å². The van der Waals surface area contributed by atoms with E-state index in [0.717, 1.165) is 25.9 Å². The lowest BCUT2D eigenvalue weighted by molar-refractivity contribution is 0.0905. The van der Waals surface area contributed by atoms with E-state index in [1.807, 2.05) is 0 Å². The summed E-state index contributed by atoms with van der Waals surface area (Å²) >= 11 is 0. The standard InChI is InChI=1S/C21H24N2O3/c24-17-8-6-7-16(13-17)22-14-20(25)18-9-2-3-10-19(18)21(26)15-23-11-4-1-5-12-23/h2-3,6-10,13,22,24H,1,4-5,11-12,14-15H2. The quantitative estimate of drug-likeness (QED) is 0.748. The second-order valence-corrected chi connectivity index (χ2v) is 6.63. The Morgan fingerprint density at radius 2 is 1.62 bits per heavy atom. The molecule has 0 aromatic heterocycles. The lowest BCUT2D eigenvalue weighted by Crippen LogP contribution is -2.35. The zero-order chi connectivity index (χ0) is 18.4. The number of nitrogens with zero attached hydrogens (tertiary/aromatic N) is 1. The van der Waals surface area contributed by atoms with Gasteiger partial charge in [0.15, 0.2) is 11.6 Å². The summed E-state index contributed by atoms with van der Waals surface area (Å²) in [5, 5.41) is 12.5. The first-order valence-corrected chi connectivity index (χ1v) is 9.04. The highest BCUT2D eigenvalue weighted by Crippen LogP contribution is 2.17. The van der Waals surface area contributed by atoms with Gasteiger partial charge < -0.3 is 10.4 Å². The summed E-state index contributed by atoms with van der Waals surface area (Å²) in [6, 6.07) is 13.6. The average molecular weight is 352 g/mol. The van der Waals surface area contributed by atoms with Crippen LogP contribution in [0.2, 0.25) is 0 Å². The van der Waals surface area contributed by atoms with E-state index >= 15 is 0 Å². The molecule has 2 N–H and O–H groups in total. The van der Waals surface area contributed by atoms with Crippen molar-refractivity contribution >= 4 is 17.3 Å². The summed E-state index contributed by atoms with van der Waals surface area (Å²) in [6.45, 7) is 2.32. The molecular weight excluding hydrogens is 328 g/mol. The highest BCUT2D eigenvalue weighted by atomic mass is 16.3. The van der Waals surface area contributed by atoms with Crippen molar-refractivity contribution < 1.29 is 14.7 Å². The predicted octanol–water partition coefficient (Wildman–Crippen LogP) is 3.36. The minimum atomic E-state index is -0.143. The molecule has 1 saturated heterocycles. The molecule has 5 nitrogen and oxygen atoms in total. The van der Waals surface area contributed by atoms with Crippen LogP contribution in [0, 0.1) is 0 Å². The second-order valence-electron chi connectivity index (χ2n) is 6.63. The molecule has 1 aliphatic heterocycles. The number of ketones is 2. The number of aromatic hydroxyl groups is 1. The molecule has 1 aliphatic rings. The molecule has 0 radical (unpaired) electrons. The van der Waals surface area contributed by atoms with Crippen LogP contribution in [-0.4, -0.2) is 47.8 Å². The van der Waals surface area contributed by atoms with Gasteiger partial charge in [0.25, 0.3) is 0 Å². The molecule has 0 atom stereocenters. The van der Waals surface area contributed by atoms with Crippen LogP contribution in [0.4, 0.5) is 5.69 Å². The highest BCUT2D eigenvalue weighted by molar-refractivity contribution is 6.10. The highest BCUT2D eigenvalue weighted by Gasteiger charge is 2.20. The van der Waals surface area contributed by atoms with E-state index in [9.17, 15) is 14.7 Å². The Balaban J connectivity index is 1.67. The molecule has 0 bridgehead atoms. The van der Waals surface area contributed by atoms with Gasteiger partial charge in [-0.05, 0) is 38.1 Å². The van der Waals surface area contributed by atoms with Crippen LogP contribution < -0.4 is 5.32 Å². The van der Waals surface area contributed by atoms with E-state index in [1.165, 1.54) is 6.42 Å². The van der Waals surface area contributed by atoms with Gasteiger partial charge in [0.05, 0.1) is 13.1 Å². The van der Waals surface area contributed by atoms with Crippen molar-refractivity contribution in [3.63, 3.8) is 0 Å². The maximum Gasteiger partial charge on any atom is 0.182 e. The van der Waals surface area contributed by atoms with Crippen LogP contribution in [0.3, 0.4) is 0 Å². The van der Waals surface area contributed by atoms with Gasteiger partial charge in [0, 0.05) is 22.9 Å². The first-order valence-electron chi connectivity index (χ1n) is 9.04. The lowest BCUT2D eigenvalue weighted by atomic mass is 9.99. The lowest BCUT2D eigenvalue weighted by Gasteiger charge is -2.25. The number of anilines is 1. The van der Waals surface area contributed by atoms with Gasteiger partial charge in [-0.15, -0.1) is 0 Å². The van der Waals surface area contributed by atoms with Gasteiger partial charge in [-0.1, -0.05) is 36.8 Å². The molecule has 1 fully saturated rings. The van der Waals surface area contributed by atoms with E-state index in [-0.39, 0.29) is 23.9 Å². The molecule has 0 unspecified atom stereocenters. The van der Waals surface area contributed by atoms with Crippen molar-refractivity contribution in [2.75, 3.05) is 31.5 Å². The molecule has 0 aliphatic carbocycles. The molecule has 0 spiro atoms. The Labute approximate surface area is 153 Å². The van der Waals surface area contributed by atoms with Crippen LogP contribution in [-0.2, 0) is 0 Å². The molecule has 5 heteroatoms. The van der Waals surface area contributed by atoms with Crippen molar-refractivity contribution in [3.05, 3.63) is 59.7 Å². The first-order chi connectivity index (χ1) is 12.6. The summed E-state index contributed by atoms with van der Waals surface area (Å²) in [7, 11) is 0. The third-order valence-corrected chi connectivity index (χ3v) is 4.64. The molecule has 0 amide bonds. The Bertz CT molecular complexity index is 782. The Morgan fingerprint density at radius 3 is 2.31 bits per heavy atom. The zero-order valence-electron chi connectivity index (χ0n) is 14.8. The molecule has 0 saturated carbocycles. The summed E-state index contributed by atoms with van der Waals surface area (Å²) in [5.74, 6) is -0.0105. The van der Waals surface area contributed by atoms with E-state index < -0.39 is 0 Å². The number of likely N-dealkylation sites (tertiary alicyclic amines) is 1. The average Bonchev–Trinajstić information content (AvgIpc) is 2.67. The number of benzene rings is 2. The summed E-state index contributed by atoms with van der Waals surface area (Å²) in [6.07, 6.45) is 3.48. The first kappa shape index (κ1) is 18.1. The van der Waals surface area contributed by atoms with Crippen molar-refractivity contribution in [1.82, 2.24) is 4.90 Å². The van der Waals surface area contributed by atoms with E-state index in [4.69, 9.17) is 0 Å². The Kier molecular flexibility index (Phi) is 6.02. The largest absolute Gasteiger partial charge is 0.508 e. The summed E-state index contributed by atoms with van der Waals surface area (Å²) in [4.78, 5) is 27.5. The van der Waals surface area contributed by atoms with Crippen LogP contribution >= 0.6 is 0 Å². The van der Waals surface area contributed by atoms with Crippen molar-refractivity contribution in [1.29, 1.82) is 0 Å². The molecule has 1 heterocycles. The number of piperidine rings is 1. The molecule has 3 rings (SSSR count). The number of nitrogens with one attached hydrogen (secondary N) is 1. The van der Waals surface area contributed by atoms with Gasteiger partial charge in [-0.3, -0.25) is 14.5 Å². The van der Waals surface area contributed by atoms with Crippen LogP contribution in [0.25, 0.3) is 0 Å². The fourth-order valence-corrected chi connectivity index (χ4v) is 3.27. The second kappa shape index (κ2) is 8.63. The molecular formula is C21H24N2O3. The smallest absolute Gasteiger partial charge is 0.182 e. The summed E-state index contributed by atoms with van der Waals surface area (Å²) in [5.41, 5.74) is 1.60. The third kappa shape index (κ3) is 4.70. The molecule has 136 valence electrons. The van der Waals surface area contributed by atoms with Crippen molar-refractivity contribution in [2.24, 2.45) is 0 Å². The van der Waals surface area contributed by atoms with E-state index in [1.54, 1.807) is 48.5 Å². The number of carbonyl (C=O) groups is 2. The maximum atomic E-state index is 12.7. The number of hydrogen-bond donors (Lipinski definition) is 2.